The van der Waals surface area contributed by atoms with Gasteiger partial charge in [0.25, 0.3) is 0 Å². The van der Waals surface area contributed by atoms with Gasteiger partial charge in [0.05, 0.1) is 12.6 Å². The van der Waals surface area contributed by atoms with Crippen LogP contribution in [0.2, 0.25) is 0 Å². The molecule has 21 heavy (non-hydrogen) atoms. The third-order valence-corrected chi connectivity index (χ3v) is 3.78. The van der Waals surface area contributed by atoms with Crippen LogP contribution in [0.4, 0.5) is 5.82 Å². The van der Waals surface area contributed by atoms with Crippen molar-refractivity contribution < 1.29 is 9.53 Å². The van der Waals surface area contributed by atoms with Crippen molar-refractivity contribution in [2.75, 3.05) is 12.4 Å². The van der Waals surface area contributed by atoms with Crippen molar-refractivity contribution >= 4 is 38.6 Å². The topological polar surface area (TPSA) is 51.2 Å². The van der Waals surface area contributed by atoms with Gasteiger partial charge in [-0.1, -0.05) is 42.8 Å². The zero-order chi connectivity index (χ0) is 15.6. The molecule has 0 saturated heterocycles. The number of ether oxygens (including phenoxy) is 1. The Morgan fingerprint density at radius 1 is 1.33 bits per heavy atom. The number of hydrogen-bond donors (Lipinski definition) is 1. The summed E-state index contributed by atoms with van der Waals surface area (Å²) in [5, 5.41) is 4.54. The summed E-state index contributed by atoms with van der Waals surface area (Å²) >= 11 is 3.44. The smallest absolute Gasteiger partial charge is 0.230 e. The fourth-order valence-electron chi connectivity index (χ4n) is 1.86. The van der Waals surface area contributed by atoms with Gasteiger partial charge < -0.3 is 10.1 Å². The molecule has 1 heterocycles. The van der Waals surface area contributed by atoms with Gasteiger partial charge in [0, 0.05) is 22.2 Å². The molecule has 0 atom stereocenters. The molecule has 5 heteroatoms. The molecule has 4 nitrogen and oxygen atoms in total. The first-order valence-electron chi connectivity index (χ1n) is 6.70. The van der Waals surface area contributed by atoms with E-state index in [2.05, 4.69) is 26.2 Å². The summed E-state index contributed by atoms with van der Waals surface area (Å²) in [4.78, 5) is 16.6. The van der Waals surface area contributed by atoms with Gasteiger partial charge >= 0.3 is 0 Å². The van der Waals surface area contributed by atoms with Crippen LogP contribution in [0.5, 0.6) is 5.75 Å². The average molecular weight is 351 g/mol. The lowest BCUT2D eigenvalue weighted by Crippen LogP contribution is -2.28. The maximum absolute atomic E-state index is 12.1. The number of benzene rings is 1. The second-order valence-corrected chi connectivity index (χ2v) is 6.46. The van der Waals surface area contributed by atoms with Gasteiger partial charge in [-0.15, -0.1) is 0 Å². The standard InChI is InChI=1S/C16H19BrN2O2/c1-16(2,3)15(20)19-14-8-13(21-4)11-7-10(9-17)5-6-12(11)18-14/h5-8H,9H2,1-4H3,(H,18,19,20). The van der Waals surface area contributed by atoms with Crippen LogP contribution < -0.4 is 10.1 Å². The molecule has 0 bridgehead atoms. The van der Waals surface area contributed by atoms with E-state index in [1.54, 1.807) is 13.2 Å². The number of alkyl halides is 1. The van der Waals surface area contributed by atoms with E-state index in [4.69, 9.17) is 4.74 Å². The van der Waals surface area contributed by atoms with Gasteiger partial charge in [-0.05, 0) is 17.7 Å². The number of methoxy groups -OCH3 is 1. The van der Waals surface area contributed by atoms with E-state index in [0.29, 0.717) is 11.6 Å². The van der Waals surface area contributed by atoms with Crippen LogP contribution in [-0.2, 0) is 10.1 Å². The highest BCUT2D eigenvalue weighted by Gasteiger charge is 2.22. The normalized spacial score (nSPS) is 11.5. The van der Waals surface area contributed by atoms with Gasteiger partial charge in [0.1, 0.15) is 11.6 Å². The van der Waals surface area contributed by atoms with Crippen LogP contribution in [0.25, 0.3) is 10.9 Å². The average Bonchev–Trinajstić information content (AvgIpc) is 2.44. The third kappa shape index (κ3) is 3.53. The van der Waals surface area contributed by atoms with Crippen molar-refractivity contribution in [1.82, 2.24) is 4.98 Å². The Hall–Kier alpha value is -1.62. The van der Waals surface area contributed by atoms with Crippen molar-refractivity contribution in [3.63, 3.8) is 0 Å². The van der Waals surface area contributed by atoms with Crippen molar-refractivity contribution in [2.24, 2.45) is 5.41 Å². The molecule has 0 fully saturated rings. The molecule has 0 aliphatic carbocycles. The fourth-order valence-corrected chi connectivity index (χ4v) is 2.21. The van der Waals surface area contributed by atoms with Gasteiger partial charge in [-0.2, -0.15) is 0 Å². The van der Waals surface area contributed by atoms with Crippen LogP contribution in [0, 0.1) is 5.41 Å². The summed E-state index contributed by atoms with van der Waals surface area (Å²) < 4.78 is 5.43. The first kappa shape index (κ1) is 15.8. The highest BCUT2D eigenvalue weighted by atomic mass is 79.9. The number of rotatable bonds is 3. The minimum absolute atomic E-state index is 0.0755. The second kappa shape index (κ2) is 6.02. The van der Waals surface area contributed by atoms with Crippen LogP contribution in [0.3, 0.4) is 0 Å². The first-order valence-corrected chi connectivity index (χ1v) is 7.82. The predicted molar refractivity (Wildman–Crippen MR) is 89.0 cm³/mol. The Morgan fingerprint density at radius 3 is 2.62 bits per heavy atom. The Morgan fingerprint density at radius 2 is 2.05 bits per heavy atom. The lowest BCUT2D eigenvalue weighted by atomic mass is 9.96. The van der Waals surface area contributed by atoms with Gasteiger partial charge in [0.2, 0.25) is 5.91 Å². The Kier molecular flexibility index (Phi) is 4.52. The number of nitrogens with zero attached hydrogens (tertiary/aromatic N) is 1. The van der Waals surface area contributed by atoms with Crippen molar-refractivity contribution in [1.29, 1.82) is 0 Å². The lowest BCUT2D eigenvalue weighted by Gasteiger charge is -2.18. The number of aromatic nitrogens is 1. The molecule has 1 amide bonds. The maximum atomic E-state index is 12.1. The number of anilines is 1. The largest absolute Gasteiger partial charge is 0.496 e. The minimum Gasteiger partial charge on any atom is -0.496 e. The van der Waals surface area contributed by atoms with E-state index >= 15 is 0 Å². The molecule has 1 aromatic carbocycles. The fraction of sp³-hybridized carbons (Fsp3) is 0.375. The summed E-state index contributed by atoms with van der Waals surface area (Å²) in [6.07, 6.45) is 0. The number of hydrogen-bond acceptors (Lipinski definition) is 3. The van der Waals surface area contributed by atoms with Crippen LogP contribution >= 0.6 is 15.9 Å². The Balaban J connectivity index is 2.46. The zero-order valence-corrected chi connectivity index (χ0v) is 14.2. The zero-order valence-electron chi connectivity index (χ0n) is 12.7. The van der Waals surface area contributed by atoms with E-state index in [1.807, 2.05) is 39.0 Å². The summed E-state index contributed by atoms with van der Waals surface area (Å²) in [6.45, 7) is 5.59. The summed E-state index contributed by atoms with van der Waals surface area (Å²) in [7, 11) is 1.62. The molecule has 112 valence electrons. The molecule has 1 N–H and O–H groups in total. The number of nitrogens with one attached hydrogen (secondary N) is 1. The van der Waals surface area contributed by atoms with Gasteiger partial charge in [-0.25, -0.2) is 4.98 Å². The Labute approximate surface area is 133 Å². The van der Waals surface area contributed by atoms with Gasteiger partial charge in [0.15, 0.2) is 0 Å². The molecule has 0 aliphatic heterocycles. The maximum Gasteiger partial charge on any atom is 0.230 e. The van der Waals surface area contributed by atoms with E-state index in [0.717, 1.165) is 21.8 Å². The highest BCUT2D eigenvalue weighted by molar-refractivity contribution is 9.08. The van der Waals surface area contributed by atoms with Gasteiger partial charge in [-0.3, -0.25) is 4.79 Å². The lowest BCUT2D eigenvalue weighted by molar-refractivity contribution is -0.123. The minimum atomic E-state index is -0.469. The number of fused-ring (bicyclic) bond motifs is 1. The molecular weight excluding hydrogens is 332 g/mol. The molecule has 0 unspecified atom stereocenters. The molecule has 0 radical (unpaired) electrons. The summed E-state index contributed by atoms with van der Waals surface area (Å²) in [5.74, 6) is 1.13. The molecule has 0 aliphatic rings. The first-order chi connectivity index (χ1) is 9.85. The molecule has 2 aromatic rings. The van der Waals surface area contributed by atoms with E-state index in [1.165, 1.54) is 0 Å². The van der Waals surface area contributed by atoms with Crippen LogP contribution in [-0.4, -0.2) is 18.0 Å². The number of carbonyl (C=O) groups excluding carboxylic acids is 1. The van der Waals surface area contributed by atoms with E-state index < -0.39 is 5.41 Å². The SMILES string of the molecule is COc1cc(NC(=O)C(C)(C)C)nc2ccc(CBr)cc12. The number of amides is 1. The summed E-state index contributed by atoms with van der Waals surface area (Å²) in [6, 6.07) is 7.72. The quantitative estimate of drug-likeness (QED) is 0.847. The highest BCUT2D eigenvalue weighted by Crippen LogP contribution is 2.29. The van der Waals surface area contributed by atoms with Crippen molar-refractivity contribution in [3.05, 3.63) is 29.8 Å². The molecule has 0 saturated carbocycles. The van der Waals surface area contributed by atoms with Crippen molar-refractivity contribution in [2.45, 2.75) is 26.1 Å². The Bertz CT molecular complexity index is 678. The third-order valence-electron chi connectivity index (χ3n) is 3.13. The van der Waals surface area contributed by atoms with Crippen molar-refractivity contribution in [3.8, 4) is 5.75 Å². The molecule has 1 aromatic heterocycles. The molecular formula is C16H19BrN2O2. The van der Waals surface area contributed by atoms with E-state index in [9.17, 15) is 4.79 Å². The van der Waals surface area contributed by atoms with Crippen LogP contribution in [0.1, 0.15) is 26.3 Å². The predicted octanol–water partition coefficient (Wildman–Crippen LogP) is 4.12. The van der Waals surface area contributed by atoms with E-state index in [-0.39, 0.29) is 5.91 Å². The summed E-state index contributed by atoms with van der Waals surface area (Å²) in [5.41, 5.74) is 1.47. The second-order valence-electron chi connectivity index (χ2n) is 5.90. The van der Waals surface area contributed by atoms with Crippen LogP contribution in [0.15, 0.2) is 24.3 Å². The number of halogens is 1. The monoisotopic (exact) mass is 350 g/mol. The number of carbonyl (C=O) groups is 1. The molecule has 2 rings (SSSR count). The number of pyridine rings is 1. The molecule has 0 spiro atoms.